The van der Waals surface area contributed by atoms with Gasteiger partial charge < -0.3 is 15.3 Å². The lowest BCUT2D eigenvalue weighted by Crippen LogP contribution is -2.30. The van der Waals surface area contributed by atoms with Crippen LogP contribution in [0.3, 0.4) is 0 Å². The lowest BCUT2D eigenvalue weighted by molar-refractivity contribution is -0.192. The van der Waals surface area contributed by atoms with Gasteiger partial charge in [0.15, 0.2) is 0 Å². The van der Waals surface area contributed by atoms with E-state index in [9.17, 15) is 35.5 Å². The number of nitrogens with zero attached hydrogens (tertiary/aromatic N) is 1. The van der Waals surface area contributed by atoms with Crippen LogP contribution in [0.4, 0.5) is 30.7 Å². The van der Waals surface area contributed by atoms with Gasteiger partial charge in [-0.1, -0.05) is 0 Å². The fraction of sp³-hybridized carbons (Fsp3) is 0.500. The van der Waals surface area contributed by atoms with Gasteiger partial charge in [-0.2, -0.15) is 26.3 Å². The molecule has 0 aromatic heterocycles. The van der Waals surface area contributed by atoms with Crippen LogP contribution in [0, 0.1) is 11.7 Å². The largest absolute Gasteiger partial charge is 0.490 e. The molecule has 12 heteroatoms. The Balaban J connectivity index is 0.000000480. The molecule has 1 aliphatic heterocycles. The van der Waals surface area contributed by atoms with Crippen LogP contribution in [0.5, 0.6) is 0 Å². The summed E-state index contributed by atoms with van der Waals surface area (Å²) in [5.74, 6) is -4.10. The first-order valence-electron chi connectivity index (χ1n) is 7.87. The number of likely N-dealkylation sites (tertiary alicyclic amines) is 1. The highest BCUT2D eigenvalue weighted by molar-refractivity contribution is 5.94. The van der Waals surface area contributed by atoms with E-state index in [-0.39, 0.29) is 11.5 Å². The van der Waals surface area contributed by atoms with Gasteiger partial charge in [0.25, 0.3) is 5.91 Å². The Morgan fingerprint density at radius 2 is 1.75 bits per heavy atom. The summed E-state index contributed by atoms with van der Waals surface area (Å²) in [5, 5.41) is 10.1. The van der Waals surface area contributed by atoms with Gasteiger partial charge in [0.05, 0.1) is 5.56 Å². The molecule has 2 rings (SSSR count). The van der Waals surface area contributed by atoms with Crippen molar-refractivity contribution in [1.29, 1.82) is 0 Å². The molecule has 158 valence electrons. The molecule has 0 saturated carbocycles. The van der Waals surface area contributed by atoms with Crippen molar-refractivity contribution in [3.63, 3.8) is 0 Å². The smallest absolute Gasteiger partial charge is 0.475 e. The molecule has 1 amide bonds. The normalized spacial score (nSPS) is 17.1. The van der Waals surface area contributed by atoms with Crippen LogP contribution in [0.1, 0.15) is 22.3 Å². The van der Waals surface area contributed by atoms with E-state index >= 15 is 0 Å². The number of carbonyl (C=O) groups is 2. The van der Waals surface area contributed by atoms with Crippen molar-refractivity contribution in [1.82, 2.24) is 10.2 Å². The molecule has 1 aromatic rings. The van der Waals surface area contributed by atoms with Crippen molar-refractivity contribution >= 4 is 11.9 Å². The summed E-state index contributed by atoms with van der Waals surface area (Å²) in [5.41, 5.74) is -1.40. The Morgan fingerprint density at radius 3 is 2.21 bits per heavy atom. The Kier molecular flexibility index (Phi) is 7.79. The van der Waals surface area contributed by atoms with E-state index < -0.39 is 35.6 Å². The highest BCUT2D eigenvalue weighted by atomic mass is 19.4. The number of alkyl halides is 6. The zero-order chi connectivity index (χ0) is 21.7. The number of rotatable bonds is 3. The third-order valence-electron chi connectivity index (χ3n) is 3.78. The number of amides is 1. The van der Waals surface area contributed by atoms with E-state index in [0.717, 1.165) is 19.0 Å². The van der Waals surface area contributed by atoms with Gasteiger partial charge in [-0.25, -0.2) is 9.18 Å². The molecule has 28 heavy (non-hydrogen) atoms. The number of halogens is 7. The lowest BCUT2D eigenvalue weighted by atomic mass is 10.1. The average molecular weight is 418 g/mol. The summed E-state index contributed by atoms with van der Waals surface area (Å²) >= 11 is 0. The van der Waals surface area contributed by atoms with Gasteiger partial charge in [0.1, 0.15) is 5.82 Å². The minimum absolute atomic E-state index is 0.257. The maximum absolute atomic E-state index is 13.3. The van der Waals surface area contributed by atoms with E-state index in [0.29, 0.717) is 25.2 Å². The molecule has 2 N–H and O–H groups in total. The average Bonchev–Trinajstić information content (AvgIpc) is 3.01. The number of carboxylic acids is 1. The lowest BCUT2D eigenvalue weighted by Gasteiger charge is -2.17. The summed E-state index contributed by atoms with van der Waals surface area (Å²) < 4.78 is 83.0. The van der Waals surface area contributed by atoms with Gasteiger partial charge >= 0.3 is 18.3 Å². The van der Waals surface area contributed by atoms with Crippen molar-refractivity contribution in [2.45, 2.75) is 18.8 Å². The van der Waals surface area contributed by atoms with Crippen molar-refractivity contribution < 1.29 is 45.4 Å². The van der Waals surface area contributed by atoms with E-state index in [1.54, 1.807) is 7.05 Å². The second-order valence-corrected chi connectivity index (χ2v) is 5.99. The first kappa shape index (κ1) is 23.7. The zero-order valence-electron chi connectivity index (χ0n) is 14.5. The predicted molar refractivity (Wildman–Crippen MR) is 83.0 cm³/mol. The molecule has 5 nitrogen and oxygen atoms in total. The van der Waals surface area contributed by atoms with Gasteiger partial charge in [0.2, 0.25) is 0 Å². The van der Waals surface area contributed by atoms with Crippen molar-refractivity contribution in [3.8, 4) is 0 Å². The highest BCUT2D eigenvalue weighted by Gasteiger charge is 2.38. The molecule has 0 radical (unpaired) electrons. The molecule has 0 spiro atoms. The van der Waals surface area contributed by atoms with Crippen LogP contribution < -0.4 is 5.32 Å². The quantitative estimate of drug-likeness (QED) is 0.740. The molecule has 1 aliphatic rings. The maximum atomic E-state index is 13.3. The minimum Gasteiger partial charge on any atom is -0.475 e. The number of hydrogen-bond donors (Lipinski definition) is 2. The molecule has 0 bridgehead atoms. The number of nitrogens with one attached hydrogen (secondary N) is 1. The van der Waals surface area contributed by atoms with Crippen LogP contribution in [-0.2, 0) is 11.0 Å². The maximum Gasteiger partial charge on any atom is 0.490 e. The van der Waals surface area contributed by atoms with Crippen LogP contribution in [0.2, 0.25) is 0 Å². The molecule has 1 aromatic carbocycles. The van der Waals surface area contributed by atoms with E-state index in [2.05, 4.69) is 5.32 Å². The first-order valence-corrected chi connectivity index (χ1v) is 7.87. The van der Waals surface area contributed by atoms with Crippen LogP contribution in [-0.4, -0.2) is 54.7 Å². The molecular formula is C16H17F7N2O3. The molecular weight excluding hydrogens is 401 g/mol. The van der Waals surface area contributed by atoms with Crippen LogP contribution in [0.15, 0.2) is 18.2 Å². The van der Waals surface area contributed by atoms with E-state index in [1.165, 1.54) is 4.90 Å². The minimum atomic E-state index is -5.08. The topological polar surface area (TPSA) is 69.6 Å². The van der Waals surface area contributed by atoms with Gasteiger partial charge in [0, 0.05) is 18.7 Å². The SMILES string of the molecule is CNCC1CCN(C(=O)c2cc(F)cc(C(F)(F)F)c2)C1.O=C(O)C(F)(F)F. The van der Waals surface area contributed by atoms with Gasteiger partial charge in [-0.15, -0.1) is 0 Å². The summed E-state index contributed by atoms with van der Waals surface area (Å²) in [6.45, 7) is 1.68. The first-order chi connectivity index (χ1) is 12.8. The Morgan fingerprint density at radius 1 is 1.18 bits per heavy atom. The summed E-state index contributed by atoms with van der Waals surface area (Å²) in [6, 6.07) is 1.95. The molecule has 0 aliphatic carbocycles. The van der Waals surface area contributed by atoms with Crippen molar-refractivity contribution in [2.75, 3.05) is 26.7 Å². The summed E-state index contributed by atoms with van der Waals surface area (Å²) in [7, 11) is 1.80. The summed E-state index contributed by atoms with van der Waals surface area (Å²) in [6.07, 6.45) is -8.97. The second kappa shape index (κ2) is 9.22. The van der Waals surface area contributed by atoms with E-state index in [1.807, 2.05) is 0 Å². The van der Waals surface area contributed by atoms with E-state index in [4.69, 9.17) is 9.90 Å². The van der Waals surface area contributed by atoms with Crippen LogP contribution in [0.25, 0.3) is 0 Å². The molecule has 1 atom stereocenters. The Labute approximate surface area is 155 Å². The second-order valence-electron chi connectivity index (χ2n) is 5.99. The number of carboxylic acid groups (broad SMARTS) is 1. The fourth-order valence-electron chi connectivity index (χ4n) is 2.53. The van der Waals surface area contributed by atoms with Gasteiger partial charge in [-0.3, -0.25) is 4.79 Å². The number of hydrogen-bond acceptors (Lipinski definition) is 3. The third-order valence-corrected chi connectivity index (χ3v) is 3.78. The third kappa shape index (κ3) is 6.98. The molecule has 1 heterocycles. The highest BCUT2D eigenvalue weighted by Crippen LogP contribution is 2.31. The van der Waals surface area contributed by atoms with Crippen LogP contribution >= 0.6 is 0 Å². The fourth-order valence-corrected chi connectivity index (χ4v) is 2.53. The predicted octanol–water partition coefficient (Wildman–Crippen LogP) is 3.16. The number of benzene rings is 1. The Bertz CT molecular complexity index is 704. The zero-order valence-corrected chi connectivity index (χ0v) is 14.5. The number of aliphatic carboxylic acids is 1. The molecule has 1 saturated heterocycles. The number of carbonyl (C=O) groups excluding carboxylic acids is 1. The summed E-state index contributed by atoms with van der Waals surface area (Å²) in [4.78, 5) is 22.6. The molecule has 1 unspecified atom stereocenters. The Hall–Kier alpha value is -2.37. The molecule has 1 fully saturated rings. The van der Waals surface area contributed by atoms with Crippen molar-refractivity contribution in [2.24, 2.45) is 5.92 Å². The monoisotopic (exact) mass is 418 g/mol. The van der Waals surface area contributed by atoms with Crippen molar-refractivity contribution in [3.05, 3.63) is 35.1 Å². The van der Waals surface area contributed by atoms with Gasteiger partial charge in [-0.05, 0) is 44.1 Å². The standard InChI is InChI=1S/C14H16F4N2O.C2HF3O2/c1-19-7-9-2-3-20(8-9)13(21)10-4-11(14(16,17)18)6-12(15)5-10;3-2(4,5)1(6)7/h4-6,9,19H,2-3,7-8H2,1H3;(H,6,7).